The molecule has 0 atom stereocenters. The Balaban J connectivity index is 2.15. The van der Waals surface area contributed by atoms with Crippen molar-refractivity contribution < 1.29 is 19.5 Å². The average Bonchev–Trinajstić information content (AvgIpc) is 3.22. The van der Waals surface area contributed by atoms with E-state index in [0.29, 0.717) is 16.7 Å². The van der Waals surface area contributed by atoms with Gasteiger partial charge in [0.1, 0.15) is 11.5 Å². The Morgan fingerprint density at radius 2 is 1.68 bits per heavy atom. The van der Waals surface area contributed by atoms with Gasteiger partial charge in [-0.05, 0) is 55.6 Å². The van der Waals surface area contributed by atoms with Gasteiger partial charge in [-0.1, -0.05) is 57.1 Å². The van der Waals surface area contributed by atoms with Crippen LogP contribution in [0.1, 0.15) is 69.1 Å². The maximum Gasteiger partial charge on any atom is 0.274 e. The van der Waals surface area contributed by atoms with E-state index in [2.05, 4.69) is 29.2 Å². The molecule has 3 rings (SSSR count). The van der Waals surface area contributed by atoms with Gasteiger partial charge in [-0.15, -0.1) is 0 Å². The normalized spacial score (nSPS) is 11.6. The molecule has 0 spiro atoms. The Morgan fingerprint density at radius 1 is 1.03 bits per heavy atom. The molecule has 1 heterocycles. The van der Waals surface area contributed by atoms with Crippen molar-refractivity contribution in [3.8, 4) is 33.9 Å². The van der Waals surface area contributed by atoms with Gasteiger partial charge in [0.15, 0.2) is 11.5 Å². The molecule has 0 unspecified atom stereocenters. The number of hydrogen-bond donors (Lipinski definition) is 3. The van der Waals surface area contributed by atoms with E-state index in [1.165, 1.54) is 6.07 Å². The molecular formula is C27H35N3O4. The van der Waals surface area contributed by atoms with Crippen LogP contribution in [0.3, 0.4) is 0 Å². The van der Waals surface area contributed by atoms with Gasteiger partial charge in [0.2, 0.25) is 0 Å². The Labute approximate surface area is 201 Å². The van der Waals surface area contributed by atoms with Crippen LogP contribution in [0.5, 0.6) is 11.5 Å². The largest absolute Gasteiger partial charge is 0.508 e. The fraction of sp³-hybridized carbons (Fsp3) is 0.407. The first kappa shape index (κ1) is 25.3. The van der Waals surface area contributed by atoms with Crippen molar-refractivity contribution in [3.05, 3.63) is 53.2 Å². The fourth-order valence-electron chi connectivity index (χ4n) is 3.95. The zero-order chi connectivity index (χ0) is 25.0. The Kier molecular flexibility index (Phi) is 7.99. The number of aromatic hydroxyl groups is 2. The summed E-state index contributed by atoms with van der Waals surface area (Å²) in [6, 6.07) is 10.9. The lowest BCUT2D eigenvalue weighted by atomic mass is 9.94. The van der Waals surface area contributed by atoms with Gasteiger partial charge in [-0.25, -0.2) is 0 Å². The van der Waals surface area contributed by atoms with E-state index in [1.54, 1.807) is 6.07 Å². The lowest BCUT2D eigenvalue weighted by Crippen LogP contribution is -2.30. The first-order chi connectivity index (χ1) is 16.2. The van der Waals surface area contributed by atoms with Crippen LogP contribution in [0.4, 0.5) is 0 Å². The molecule has 7 nitrogen and oxygen atoms in total. The van der Waals surface area contributed by atoms with Crippen LogP contribution in [0, 0.1) is 0 Å². The zero-order valence-electron chi connectivity index (χ0n) is 20.8. The lowest BCUT2D eigenvalue weighted by molar-refractivity contribution is 0.0934. The fourth-order valence-corrected chi connectivity index (χ4v) is 3.95. The molecule has 1 amide bonds. The second kappa shape index (κ2) is 10.7. The molecule has 0 aliphatic carbocycles. The molecule has 0 bridgehead atoms. The highest BCUT2D eigenvalue weighted by molar-refractivity contribution is 6.02. The summed E-state index contributed by atoms with van der Waals surface area (Å²) >= 11 is 0. The second-order valence-corrected chi connectivity index (χ2v) is 9.10. The molecule has 0 saturated carbocycles. The van der Waals surface area contributed by atoms with Crippen LogP contribution >= 0.6 is 0 Å². The number of hydrogen-bond acceptors (Lipinski definition) is 6. The van der Waals surface area contributed by atoms with Gasteiger partial charge in [-0.2, -0.15) is 0 Å². The van der Waals surface area contributed by atoms with E-state index in [0.717, 1.165) is 30.8 Å². The van der Waals surface area contributed by atoms with Crippen LogP contribution in [0.25, 0.3) is 22.5 Å². The van der Waals surface area contributed by atoms with Crippen molar-refractivity contribution in [2.24, 2.45) is 0 Å². The maximum absolute atomic E-state index is 13.0. The van der Waals surface area contributed by atoms with E-state index in [-0.39, 0.29) is 40.8 Å². The van der Waals surface area contributed by atoms with Gasteiger partial charge >= 0.3 is 0 Å². The van der Waals surface area contributed by atoms with E-state index in [1.807, 2.05) is 52.0 Å². The standard InChI is InChI=1S/C27H35N3O4/c1-7-30(8-2)15-18-9-11-19(12-10-18)24-25(27(33)28-17(5)6)29-34-26(24)21-13-20(16(3)4)22(31)14-23(21)32/h9-14,16-17,31-32H,7-8,15H2,1-6H3,(H,28,33). The SMILES string of the molecule is CCN(CC)Cc1ccc(-c2c(C(=O)NC(C)C)noc2-c2cc(C(C)C)c(O)cc2O)cc1. The molecule has 34 heavy (non-hydrogen) atoms. The smallest absolute Gasteiger partial charge is 0.274 e. The molecule has 0 fully saturated rings. The number of carbonyl (C=O) groups excluding carboxylic acids is 1. The summed E-state index contributed by atoms with van der Waals surface area (Å²) in [6.07, 6.45) is 0. The third kappa shape index (κ3) is 5.42. The minimum absolute atomic E-state index is 0.0100. The van der Waals surface area contributed by atoms with Crippen LogP contribution in [0.2, 0.25) is 0 Å². The molecule has 1 aromatic heterocycles. The van der Waals surface area contributed by atoms with E-state index in [4.69, 9.17) is 4.52 Å². The number of carbonyl (C=O) groups is 1. The third-order valence-corrected chi connectivity index (χ3v) is 5.88. The van der Waals surface area contributed by atoms with Crippen molar-refractivity contribution in [3.63, 3.8) is 0 Å². The van der Waals surface area contributed by atoms with Gasteiger partial charge in [-0.3, -0.25) is 9.69 Å². The highest BCUT2D eigenvalue weighted by atomic mass is 16.5. The van der Waals surface area contributed by atoms with Crippen LogP contribution in [0.15, 0.2) is 40.9 Å². The predicted octanol–water partition coefficient (Wildman–Crippen LogP) is 5.52. The summed E-state index contributed by atoms with van der Waals surface area (Å²) in [4.78, 5) is 15.3. The lowest BCUT2D eigenvalue weighted by Gasteiger charge is -2.18. The number of aromatic nitrogens is 1. The van der Waals surface area contributed by atoms with Crippen molar-refractivity contribution in [1.82, 2.24) is 15.4 Å². The molecule has 182 valence electrons. The summed E-state index contributed by atoms with van der Waals surface area (Å²) in [7, 11) is 0. The summed E-state index contributed by atoms with van der Waals surface area (Å²) in [6.45, 7) is 14.7. The molecule has 0 aliphatic heterocycles. The number of amides is 1. The molecule has 0 saturated heterocycles. The topological polar surface area (TPSA) is 98.8 Å². The second-order valence-electron chi connectivity index (χ2n) is 9.10. The molecule has 0 radical (unpaired) electrons. The van der Waals surface area contributed by atoms with Gasteiger partial charge < -0.3 is 20.1 Å². The number of phenolic OH excluding ortho intramolecular Hbond substituents is 2. The Hall–Kier alpha value is -3.32. The van der Waals surface area contributed by atoms with Crippen molar-refractivity contribution in [2.75, 3.05) is 13.1 Å². The van der Waals surface area contributed by atoms with Crippen LogP contribution in [-0.2, 0) is 6.54 Å². The van der Waals surface area contributed by atoms with E-state index >= 15 is 0 Å². The molecule has 3 N–H and O–H groups in total. The minimum atomic E-state index is -0.352. The van der Waals surface area contributed by atoms with Crippen molar-refractivity contribution >= 4 is 5.91 Å². The molecule has 3 aromatic rings. The number of benzene rings is 2. The number of nitrogens with zero attached hydrogens (tertiary/aromatic N) is 2. The van der Waals surface area contributed by atoms with Crippen molar-refractivity contribution in [2.45, 2.75) is 60.0 Å². The Bertz CT molecular complexity index is 1130. The van der Waals surface area contributed by atoms with Gasteiger partial charge in [0, 0.05) is 18.7 Å². The highest BCUT2D eigenvalue weighted by Crippen LogP contribution is 2.43. The van der Waals surface area contributed by atoms with E-state index in [9.17, 15) is 15.0 Å². The summed E-state index contributed by atoms with van der Waals surface area (Å²) < 4.78 is 5.66. The highest BCUT2D eigenvalue weighted by Gasteiger charge is 2.27. The van der Waals surface area contributed by atoms with Gasteiger partial charge in [0.05, 0.1) is 11.1 Å². The van der Waals surface area contributed by atoms with Crippen LogP contribution in [-0.4, -0.2) is 45.3 Å². The zero-order valence-corrected chi connectivity index (χ0v) is 20.8. The monoisotopic (exact) mass is 465 g/mol. The summed E-state index contributed by atoms with van der Waals surface area (Å²) in [5.41, 5.74) is 3.61. The summed E-state index contributed by atoms with van der Waals surface area (Å²) in [5.74, 6) is -0.183. The Morgan fingerprint density at radius 3 is 2.24 bits per heavy atom. The number of nitrogens with one attached hydrogen (secondary N) is 1. The molecule has 0 aliphatic rings. The maximum atomic E-state index is 13.0. The summed E-state index contributed by atoms with van der Waals surface area (Å²) in [5, 5.41) is 27.9. The number of phenols is 2. The predicted molar refractivity (Wildman–Crippen MR) is 134 cm³/mol. The number of rotatable bonds is 9. The first-order valence-corrected chi connectivity index (χ1v) is 11.8. The minimum Gasteiger partial charge on any atom is -0.508 e. The molecule has 7 heteroatoms. The quantitative estimate of drug-likeness (QED) is 0.385. The third-order valence-electron chi connectivity index (χ3n) is 5.88. The first-order valence-electron chi connectivity index (χ1n) is 11.8. The molecular weight excluding hydrogens is 430 g/mol. The van der Waals surface area contributed by atoms with Crippen molar-refractivity contribution in [1.29, 1.82) is 0 Å². The van der Waals surface area contributed by atoms with Gasteiger partial charge in [0.25, 0.3) is 5.91 Å². The average molecular weight is 466 g/mol. The van der Waals surface area contributed by atoms with E-state index < -0.39 is 0 Å². The molecule has 2 aromatic carbocycles. The van der Waals surface area contributed by atoms with Crippen LogP contribution < -0.4 is 5.32 Å².